The highest BCUT2D eigenvalue weighted by atomic mass is 16.5. The largest absolute Gasteiger partial charge is 0.385 e. The summed E-state index contributed by atoms with van der Waals surface area (Å²) in [5.41, 5.74) is 0.696. The van der Waals surface area contributed by atoms with E-state index in [-0.39, 0.29) is 0 Å². The van der Waals surface area contributed by atoms with Crippen LogP contribution >= 0.6 is 0 Å². The van der Waals surface area contributed by atoms with E-state index in [1.54, 1.807) is 7.11 Å². The minimum atomic E-state index is 0.696. The second-order valence-corrected chi connectivity index (χ2v) is 4.27. The summed E-state index contributed by atoms with van der Waals surface area (Å²) >= 11 is 0. The van der Waals surface area contributed by atoms with Crippen molar-refractivity contribution in [2.75, 3.05) is 26.8 Å². The molecule has 0 saturated heterocycles. The van der Waals surface area contributed by atoms with Crippen molar-refractivity contribution in [3.63, 3.8) is 0 Å². The van der Waals surface area contributed by atoms with Gasteiger partial charge in [0.25, 0.3) is 0 Å². The van der Waals surface area contributed by atoms with Crippen molar-refractivity contribution in [3.05, 3.63) is 0 Å². The molecule has 1 aliphatic rings. The van der Waals surface area contributed by atoms with E-state index in [2.05, 4.69) is 12.2 Å². The molecule has 0 spiro atoms. The fourth-order valence-electron chi connectivity index (χ4n) is 1.92. The van der Waals surface area contributed by atoms with E-state index < -0.39 is 0 Å². The van der Waals surface area contributed by atoms with Crippen molar-refractivity contribution in [3.8, 4) is 0 Å². The van der Waals surface area contributed by atoms with Crippen LogP contribution in [0.1, 0.15) is 39.0 Å². The van der Waals surface area contributed by atoms with Crippen LogP contribution in [0.25, 0.3) is 0 Å². The predicted molar refractivity (Wildman–Crippen MR) is 55.9 cm³/mol. The van der Waals surface area contributed by atoms with Gasteiger partial charge >= 0.3 is 0 Å². The summed E-state index contributed by atoms with van der Waals surface area (Å²) in [6.07, 6.45) is 6.76. The van der Waals surface area contributed by atoms with E-state index in [1.807, 2.05) is 0 Å². The molecule has 13 heavy (non-hydrogen) atoms. The molecule has 0 amide bonds. The Kier molecular flexibility index (Phi) is 4.74. The third-order valence-corrected chi connectivity index (χ3v) is 2.94. The Labute approximate surface area is 82.0 Å². The van der Waals surface area contributed by atoms with Crippen LogP contribution < -0.4 is 5.32 Å². The van der Waals surface area contributed by atoms with E-state index in [4.69, 9.17) is 4.74 Å². The quantitative estimate of drug-likeness (QED) is 0.585. The summed E-state index contributed by atoms with van der Waals surface area (Å²) in [5.74, 6) is 0. The molecule has 0 aromatic carbocycles. The number of methoxy groups -OCH3 is 1. The first kappa shape index (κ1) is 11.0. The smallest absolute Gasteiger partial charge is 0.0474 e. The third kappa shape index (κ3) is 4.10. The maximum Gasteiger partial charge on any atom is 0.0474 e. The van der Waals surface area contributed by atoms with Crippen molar-refractivity contribution < 1.29 is 4.74 Å². The van der Waals surface area contributed by atoms with Gasteiger partial charge in [0.1, 0.15) is 0 Å². The van der Waals surface area contributed by atoms with Gasteiger partial charge in [-0.15, -0.1) is 0 Å². The van der Waals surface area contributed by atoms with Gasteiger partial charge in [-0.2, -0.15) is 0 Å². The molecule has 0 radical (unpaired) electrons. The van der Waals surface area contributed by atoms with Gasteiger partial charge in [-0.25, -0.2) is 0 Å². The molecule has 78 valence electrons. The molecule has 0 aromatic rings. The molecule has 0 unspecified atom stereocenters. The highest BCUT2D eigenvalue weighted by Gasteiger charge is 2.40. The van der Waals surface area contributed by atoms with Crippen molar-refractivity contribution in [2.45, 2.75) is 39.0 Å². The fraction of sp³-hybridized carbons (Fsp3) is 1.00. The molecule has 0 aliphatic heterocycles. The third-order valence-electron chi connectivity index (χ3n) is 2.94. The molecule has 1 saturated carbocycles. The Morgan fingerprint density at radius 2 is 2.15 bits per heavy atom. The number of rotatable bonds is 8. The van der Waals surface area contributed by atoms with Crippen LogP contribution in [0.5, 0.6) is 0 Å². The van der Waals surface area contributed by atoms with Crippen molar-refractivity contribution in [1.82, 2.24) is 5.32 Å². The molecule has 1 fully saturated rings. The van der Waals surface area contributed by atoms with Gasteiger partial charge in [-0.3, -0.25) is 0 Å². The first-order valence-electron chi connectivity index (χ1n) is 5.53. The van der Waals surface area contributed by atoms with E-state index >= 15 is 0 Å². The maximum absolute atomic E-state index is 5.00. The van der Waals surface area contributed by atoms with Crippen molar-refractivity contribution in [1.29, 1.82) is 0 Å². The molecule has 0 bridgehead atoms. The Morgan fingerprint density at radius 1 is 1.38 bits per heavy atom. The summed E-state index contributed by atoms with van der Waals surface area (Å²) in [6, 6.07) is 0. The van der Waals surface area contributed by atoms with Crippen LogP contribution in [0.2, 0.25) is 0 Å². The molecule has 1 rings (SSSR count). The highest BCUT2D eigenvalue weighted by molar-refractivity contribution is 4.94. The molecule has 0 atom stereocenters. The minimum Gasteiger partial charge on any atom is -0.385 e. The lowest BCUT2D eigenvalue weighted by Gasteiger charge is -2.14. The number of hydrogen-bond acceptors (Lipinski definition) is 2. The zero-order chi connectivity index (χ0) is 9.57. The van der Waals surface area contributed by atoms with Gasteiger partial charge in [-0.1, -0.05) is 13.3 Å². The van der Waals surface area contributed by atoms with Gasteiger partial charge in [-0.05, 0) is 37.6 Å². The zero-order valence-corrected chi connectivity index (χ0v) is 9.07. The first-order valence-corrected chi connectivity index (χ1v) is 5.53. The molecule has 2 nitrogen and oxygen atoms in total. The van der Waals surface area contributed by atoms with Crippen LogP contribution in [-0.4, -0.2) is 26.8 Å². The summed E-state index contributed by atoms with van der Waals surface area (Å²) in [4.78, 5) is 0. The van der Waals surface area contributed by atoms with Crippen LogP contribution in [0, 0.1) is 5.41 Å². The van der Waals surface area contributed by atoms with Crippen molar-refractivity contribution in [2.24, 2.45) is 5.41 Å². The van der Waals surface area contributed by atoms with Gasteiger partial charge in [0.15, 0.2) is 0 Å². The van der Waals surface area contributed by atoms with Gasteiger partial charge < -0.3 is 10.1 Å². The van der Waals surface area contributed by atoms with E-state index in [0.29, 0.717) is 5.41 Å². The normalized spacial score (nSPS) is 18.9. The van der Waals surface area contributed by atoms with Crippen molar-refractivity contribution >= 4 is 0 Å². The SMILES string of the molecule is CCCC1(CNCCCOC)CC1. The lowest BCUT2D eigenvalue weighted by Crippen LogP contribution is -2.25. The zero-order valence-electron chi connectivity index (χ0n) is 9.07. The molecule has 1 aliphatic carbocycles. The van der Waals surface area contributed by atoms with Gasteiger partial charge in [0.05, 0.1) is 0 Å². The van der Waals surface area contributed by atoms with Crippen LogP contribution in [0.15, 0.2) is 0 Å². The highest BCUT2D eigenvalue weighted by Crippen LogP contribution is 2.48. The molecule has 0 aromatic heterocycles. The monoisotopic (exact) mass is 185 g/mol. The Hall–Kier alpha value is -0.0800. The molecular weight excluding hydrogens is 162 g/mol. The van der Waals surface area contributed by atoms with Crippen LogP contribution in [0.4, 0.5) is 0 Å². The summed E-state index contributed by atoms with van der Waals surface area (Å²) in [5, 5.41) is 3.53. The molecule has 0 heterocycles. The van der Waals surface area contributed by atoms with Crippen LogP contribution in [0.3, 0.4) is 0 Å². The standard InChI is InChI=1S/C11H23NO/c1-3-5-11(6-7-11)10-12-8-4-9-13-2/h12H,3-10H2,1-2H3. The lowest BCUT2D eigenvalue weighted by atomic mass is 10.0. The Morgan fingerprint density at radius 3 is 2.69 bits per heavy atom. The summed E-state index contributed by atoms with van der Waals surface area (Å²) in [7, 11) is 1.76. The average Bonchev–Trinajstić information content (AvgIpc) is 2.86. The molecule has 2 heteroatoms. The van der Waals surface area contributed by atoms with Gasteiger partial charge in [0.2, 0.25) is 0 Å². The second-order valence-electron chi connectivity index (χ2n) is 4.27. The average molecular weight is 185 g/mol. The van der Waals surface area contributed by atoms with Crippen LogP contribution in [-0.2, 0) is 4.74 Å². The minimum absolute atomic E-state index is 0.696. The molecule has 1 N–H and O–H groups in total. The van der Waals surface area contributed by atoms with E-state index in [1.165, 1.54) is 32.2 Å². The number of ether oxygens (including phenoxy) is 1. The second kappa shape index (κ2) is 5.61. The number of hydrogen-bond donors (Lipinski definition) is 1. The maximum atomic E-state index is 5.00. The molecular formula is C11H23NO. The Bertz CT molecular complexity index is 132. The van der Waals surface area contributed by atoms with E-state index in [9.17, 15) is 0 Å². The first-order chi connectivity index (χ1) is 6.33. The topological polar surface area (TPSA) is 21.3 Å². The van der Waals surface area contributed by atoms with E-state index in [0.717, 1.165) is 19.6 Å². The lowest BCUT2D eigenvalue weighted by molar-refractivity contribution is 0.193. The fourth-order valence-corrected chi connectivity index (χ4v) is 1.92. The van der Waals surface area contributed by atoms with Gasteiger partial charge in [0, 0.05) is 20.3 Å². The Balaban J connectivity index is 1.93. The predicted octanol–water partition coefficient (Wildman–Crippen LogP) is 2.19. The number of nitrogens with one attached hydrogen (secondary N) is 1. The summed E-state index contributed by atoms with van der Waals surface area (Å²) in [6.45, 7) is 5.50. The summed E-state index contributed by atoms with van der Waals surface area (Å²) < 4.78 is 5.00.